The summed E-state index contributed by atoms with van der Waals surface area (Å²) in [7, 11) is 0. The van der Waals surface area contributed by atoms with Gasteiger partial charge in [0.1, 0.15) is 5.75 Å². The van der Waals surface area contributed by atoms with Crippen molar-refractivity contribution in [2.75, 3.05) is 11.9 Å². The third-order valence-corrected chi connectivity index (χ3v) is 3.54. The van der Waals surface area contributed by atoms with Gasteiger partial charge in [-0.2, -0.15) is 0 Å². The van der Waals surface area contributed by atoms with Gasteiger partial charge in [-0.1, -0.05) is 29.3 Å². The predicted molar refractivity (Wildman–Crippen MR) is 88.7 cm³/mol. The Bertz CT molecular complexity index is 762. The van der Waals surface area contributed by atoms with Crippen LogP contribution < -0.4 is 10.1 Å². The summed E-state index contributed by atoms with van der Waals surface area (Å²) < 4.78 is 5.32. The number of anilines is 1. The van der Waals surface area contributed by atoms with Gasteiger partial charge in [0.2, 0.25) is 0 Å². The molecule has 0 heterocycles. The average Bonchev–Trinajstić information content (AvgIpc) is 2.48. The Kier molecular flexibility index (Phi) is 5.47. The maximum atomic E-state index is 11.9. The number of nitrogens with one attached hydrogen (secondary N) is 1. The van der Waals surface area contributed by atoms with Crippen molar-refractivity contribution in [3.63, 3.8) is 0 Å². The third-order valence-electron chi connectivity index (χ3n) is 3.01. The molecule has 2 aromatic carbocycles. The number of ether oxygens (including phenoxy) is 1. The molecule has 7 heteroatoms. The van der Waals surface area contributed by atoms with Crippen molar-refractivity contribution >= 4 is 40.8 Å². The van der Waals surface area contributed by atoms with Gasteiger partial charge in [0, 0.05) is 10.7 Å². The molecular formula is C16H13Cl2NO4. The number of carboxylic acid groups (broad SMARTS) is 1. The van der Waals surface area contributed by atoms with Crippen LogP contribution in [0.15, 0.2) is 36.4 Å². The molecule has 0 atom stereocenters. The number of benzene rings is 2. The van der Waals surface area contributed by atoms with Crippen LogP contribution in [-0.2, 0) is 4.79 Å². The molecule has 0 spiro atoms. The smallest absolute Gasteiger partial charge is 0.335 e. The third kappa shape index (κ3) is 4.61. The number of carbonyl (C=O) groups is 2. The van der Waals surface area contributed by atoms with Crippen molar-refractivity contribution in [2.24, 2.45) is 0 Å². The molecule has 2 rings (SSSR count). The molecule has 2 N–H and O–H groups in total. The number of aryl methyl sites for hydroxylation is 1. The number of amides is 1. The van der Waals surface area contributed by atoms with Gasteiger partial charge < -0.3 is 15.2 Å². The van der Waals surface area contributed by atoms with E-state index in [1.54, 1.807) is 25.1 Å². The van der Waals surface area contributed by atoms with Crippen molar-refractivity contribution in [2.45, 2.75) is 6.92 Å². The summed E-state index contributed by atoms with van der Waals surface area (Å²) in [6, 6.07) is 9.16. The number of hydrogen-bond acceptors (Lipinski definition) is 3. The van der Waals surface area contributed by atoms with E-state index in [2.05, 4.69) is 5.32 Å². The zero-order chi connectivity index (χ0) is 17.0. The molecule has 23 heavy (non-hydrogen) atoms. The second-order valence-electron chi connectivity index (χ2n) is 4.75. The molecule has 1 amide bonds. The van der Waals surface area contributed by atoms with Crippen molar-refractivity contribution in [3.8, 4) is 5.75 Å². The monoisotopic (exact) mass is 353 g/mol. The van der Waals surface area contributed by atoms with Crippen LogP contribution in [0.5, 0.6) is 5.75 Å². The highest BCUT2D eigenvalue weighted by molar-refractivity contribution is 6.35. The Balaban J connectivity index is 2.02. The van der Waals surface area contributed by atoms with Gasteiger partial charge in [0.15, 0.2) is 6.61 Å². The lowest BCUT2D eigenvalue weighted by Gasteiger charge is -2.11. The number of hydrogen-bond donors (Lipinski definition) is 2. The van der Waals surface area contributed by atoms with Crippen LogP contribution in [0.4, 0.5) is 5.69 Å². The van der Waals surface area contributed by atoms with Gasteiger partial charge in [-0.25, -0.2) is 4.79 Å². The van der Waals surface area contributed by atoms with Crippen LogP contribution in [-0.4, -0.2) is 23.6 Å². The lowest BCUT2D eigenvalue weighted by atomic mass is 10.1. The lowest BCUT2D eigenvalue weighted by Crippen LogP contribution is -2.21. The van der Waals surface area contributed by atoms with Gasteiger partial charge in [-0.05, 0) is 42.8 Å². The van der Waals surface area contributed by atoms with Crippen molar-refractivity contribution in [3.05, 3.63) is 57.6 Å². The molecule has 0 unspecified atom stereocenters. The van der Waals surface area contributed by atoms with Crippen LogP contribution in [0.3, 0.4) is 0 Å². The van der Waals surface area contributed by atoms with E-state index in [1.807, 2.05) is 0 Å². The molecule has 0 bridgehead atoms. The predicted octanol–water partition coefficient (Wildman–Crippen LogP) is 4.02. The van der Waals surface area contributed by atoms with Crippen molar-refractivity contribution in [1.29, 1.82) is 0 Å². The van der Waals surface area contributed by atoms with Gasteiger partial charge in [0.05, 0.1) is 10.6 Å². The standard InChI is InChI=1S/C16H13Cl2NO4/c1-9-2-3-10(16(21)22)6-13(9)19-15(20)8-23-14-5-4-11(17)7-12(14)18/h2-7H,8H2,1H3,(H,19,20)(H,21,22). The van der Waals surface area contributed by atoms with Crippen molar-refractivity contribution in [1.82, 2.24) is 0 Å². The minimum absolute atomic E-state index is 0.0903. The Labute approximate surface area is 142 Å². The minimum Gasteiger partial charge on any atom is -0.482 e. The van der Waals surface area contributed by atoms with E-state index in [9.17, 15) is 9.59 Å². The van der Waals surface area contributed by atoms with Crippen LogP contribution in [0.2, 0.25) is 10.0 Å². The molecule has 0 fully saturated rings. The topological polar surface area (TPSA) is 75.6 Å². The highest BCUT2D eigenvalue weighted by Crippen LogP contribution is 2.27. The maximum Gasteiger partial charge on any atom is 0.335 e. The van der Waals surface area contributed by atoms with Gasteiger partial charge in [-0.15, -0.1) is 0 Å². The van der Waals surface area contributed by atoms with Crippen LogP contribution in [0.1, 0.15) is 15.9 Å². The summed E-state index contributed by atoms with van der Waals surface area (Å²) in [6.45, 7) is 1.50. The Morgan fingerprint density at radius 3 is 2.57 bits per heavy atom. The summed E-state index contributed by atoms with van der Waals surface area (Å²) in [5.74, 6) is -1.16. The first-order chi connectivity index (χ1) is 10.9. The Hall–Kier alpha value is -2.24. The number of carboxylic acids is 1. The zero-order valence-corrected chi connectivity index (χ0v) is 13.6. The van der Waals surface area contributed by atoms with Crippen LogP contribution >= 0.6 is 23.2 Å². The van der Waals surface area contributed by atoms with E-state index in [4.69, 9.17) is 33.0 Å². The summed E-state index contributed by atoms with van der Waals surface area (Å²) in [5.41, 5.74) is 1.25. The molecule has 5 nitrogen and oxygen atoms in total. The molecule has 0 radical (unpaired) electrons. The number of aromatic carboxylic acids is 1. The molecule has 0 saturated heterocycles. The maximum absolute atomic E-state index is 11.9. The molecule has 0 aromatic heterocycles. The quantitative estimate of drug-likeness (QED) is 0.851. The van der Waals surface area contributed by atoms with Crippen LogP contribution in [0.25, 0.3) is 0 Å². The Morgan fingerprint density at radius 1 is 1.17 bits per heavy atom. The molecule has 0 aliphatic rings. The first kappa shape index (κ1) is 17.1. The largest absolute Gasteiger partial charge is 0.482 e. The van der Waals surface area contributed by atoms with Gasteiger partial charge >= 0.3 is 5.97 Å². The number of carbonyl (C=O) groups excluding carboxylic acids is 1. The van der Waals surface area contributed by atoms with Crippen LogP contribution in [0, 0.1) is 6.92 Å². The second kappa shape index (κ2) is 7.35. The first-order valence-electron chi connectivity index (χ1n) is 6.58. The SMILES string of the molecule is Cc1ccc(C(=O)O)cc1NC(=O)COc1ccc(Cl)cc1Cl. The average molecular weight is 354 g/mol. The normalized spacial score (nSPS) is 10.2. The summed E-state index contributed by atoms with van der Waals surface area (Å²) >= 11 is 11.7. The number of rotatable bonds is 5. The summed E-state index contributed by atoms with van der Waals surface area (Å²) in [5, 5.41) is 12.4. The van der Waals surface area contributed by atoms with E-state index < -0.39 is 11.9 Å². The first-order valence-corrected chi connectivity index (χ1v) is 7.34. The number of halogens is 2. The van der Waals surface area contributed by atoms with E-state index in [-0.39, 0.29) is 12.2 Å². The fourth-order valence-corrected chi connectivity index (χ4v) is 2.27. The second-order valence-corrected chi connectivity index (χ2v) is 5.59. The summed E-state index contributed by atoms with van der Waals surface area (Å²) in [6.07, 6.45) is 0. The van der Waals surface area contributed by atoms with Gasteiger partial charge in [-0.3, -0.25) is 4.79 Å². The molecule has 0 aliphatic carbocycles. The highest BCUT2D eigenvalue weighted by Gasteiger charge is 2.10. The molecule has 0 aliphatic heterocycles. The summed E-state index contributed by atoms with van der Waals surface area (Å²) in [4.78, 5) is 22.9. The molecule has 2 aromatic rings. The van der Waals surface area contributed by atoms with E-state index >= 15 is 0 Å². The fourth-order valence-electron chi connectivity index (χ4n) is 1.81. The van der Waals surface area contributed by atoms with E-state index in [1.165, 1.54) is 18.2 Å². The molecular weight excluding hydrogens is 341 g/mol. The van der Waals surface area contributed by atoms with Crippen molar-refractivity contribution < 1.29 is 19.4 Å². The fraction of sp³-hybridized carbons (Fsp3) is 0.125. The van der Waals surface area contributed by atoms with E-state index in [0.29, 0.717) is 21.5 Å². The minimum atomic E-state index is -1.07. The zero-order valence-electron chi connectivity index (χ0n) is 12.1. The highest BCUT2D eigenvalue weighted by atomic mass is 35.5. The Morgan fingerprint density at radius 2 is 1.91 bits per heavy atom. The lowest BCUT2D eigenvalue weighted by molar-refractivity contribution is -0.118. The molecule has 120 valence electrons. The van der Waals surface area contributed by atoms with E-state index in [0.717, 1.165) is 5.56 Å². The molecule has 0 saturated carbocycles. The van der Waals surface area contributed by atoms with Gasteiger partial charge in [0.25, 0.3) is 5.91 Å².